The van der Waals surface area contributed by atoms with E-state index >= 15 is 0 Å². The lowest BCUT2D eigenvalue weighted by Gasteiger charge is -2.18. The SMILES string of the molecule is COC(=O)CNC(=O)c1cc(F)ccc1NC(=O)N1CCCC1. The molecule has 7 nitrogen and oxygen atoms in total. The molecule has 23 heavy (non-hydrogen) atoms. The average molecular weight is 323 g/mol. The summed E-state index contributed by atoms with van der Waals surface area (Å²) in [6, 6.07) is 3.13. The van der Waals surface area contributed by atoms with Crippen LogP contribution in [0.25, 0.3) is 0 Å². The molecule has 2 rings (SSSR count). The summed E-state index contributed by atoms with van der Waals surface area (Å²) in [5.74, 6) is -1.92. The molecule has 1 aliphatic rings. The zero-order valence-corrected chi connectivity index (χ0v) is 12.7. The van der Waals surface area contributed by atoms with Crippen molar-refractivity contribution in [2.45, 2.75) is 12.8 Å². The number of hydrogen-bond acceptors (Lipinski definition) is 4. The molecule has 1 saturated heterocycles. The Hall–Kier alpha value is -2.64. The molecule has 0 bridgehead atoms. The second kappa shape index (κ2) is 7.57. The molecule has 0 aliphatic carbocycles. The number of benzene rings is 1. The van der Waals surface area contributed by atoms with E-state index in [-0.39, 0.29) is 23.8 Å². The molecule has 0 atom stereocenters. The van der Waals surface area contributed by atoms with Gasteiger partial charge in [-0.2, -0.15) is 0 Å². The van der Waals surface area contributed by atoms with E-state index in [0.29, 0.717) is 13.1 Å². The lowest BCUT2D eigenvalue weighted by Crippen LogP contribution is -2.34. The number of urea groups is 1. The molecule has 1 heterocycles. The van der Waals surface area contributed by atoms with E-state index in [2.05, 4.69) is 15.4 Å². The number of ether oxygens (including phenoxy) is 1. The van der Waals surface area contributed by atoms with E-state index < -0.39 is 17.7 Å². The van der Waals surface area contributed by atoms with Gasteiger partial charge in [-0.15, -0.1) is 0 Å². The summed E-state index contributed by atoms with van der Waals surface area (Å²) in [6.45, 7) is 0.957. The van der Waals surface area contributed by atoms with Crippen LogP contribution in [-0.4, -0.2) is 49.6 Å². The number of carbonyl (C=O) groups excluding carboxylic acids is 3. The molecule has 1 aromatic rings. The monoisotopic (exact) mass is 323 g/mol. The smallest absolute Gasteiger partial charge is 0.325 e. The second-order valence-corrected chi connectivity index (χ2v) is 5.07. The Morgan fingerprint density at radius 2 is 1.96 bits per heavy atom. The minimum absolute atomic E-state index is 0.0542. The van der Waals surface area contributed by atoms with Crippen LogP contribution in [0.4, 0.5) is 14.9 Å². The number of rotatable bonds is 4. The summed E-state index contributed by atoms with van der Waals surface area (Å²) >= 11 is 0. The van der Waals surface area contributed by atoms with Crippen LogP contribution < -0.4 is 10.6 Å². The molecule has 2 N–H and O–H groups in total. The summed E-state index contributed by atoms with van der Waals surface area (Å²) < 4.78 is 17.8. The zero-order chi connectivity index (χ0) is 16.8. The van der Waals surface area contributed by atoms with Crippen molar-refractivity contribution in [2.24, 2.45) is 0 Å². The number of anilines is 1. The summed E-state index contributed by atoms with van der Waals surface area (Å²) in [7, 11) is 1.19. The number of nitrogens with zero attached hydrogens (tertiary/aromatic N) is 1. The fraction of sp³-hybridized carbons (Fsp3) is 0.400. The van der Waals surface area contributed by atoms with E-state index in [9.17, 15) is 18.8 Å². The summed E-state index contributed by atoms with van der Waals surface area (Å²) in [5.41, 5.74) is 0.132. The van der Waals surface area contributed by atoms with Crippen LogP contribution in [0.3, 0.4) is 0 Å². The first-order valence-electron chi connectivity index (χ1n) is 7.21. The van der Waals surface area contributed by atoms with Gasteiger partial charge in [-0.1, -0.05) is 0 Å². The van der Waals surface area contributed by atoms with Gasteiger partial charge in [-0.25, -0.2) is 9.18 Å². The van der Waals surface area contributed by atoms with Crippen molar-refractivity contribution in [3.8, 4) is 0 Å². The molecule has 8 heteroatoms. The summed E-state index contributed by atoms with van der Waals surface area (Å²) in [4.78, 5) is 36.9. The molecular formula is C15H18FN3O4. The van der Waals surface area contributed by atoms with Crippen molar-refractivity contribution in [1.82, 2.24) is 10.2 Å². The van der Waals surface area contributed by atoms with Crippen LogP contribution in [-0.2, 0) is 9.53 Å². The maximum absolute atomic E-state index is 13.4. The maximum Gasteiger partial charge on any atom is 0.325 e. The first-order valence-corrected chi connectivity index (χ1v) is 7.21. The van der Waals surface area contributed by atoms with Crippen molar-refractivity contribution in [3.05, 3.63) is 29.6 Å². The molecule has 124 valence electrons. The topological polar surface area (TPSA) is 87.7 Å². The highest BCUT2D eigenvalue weighted by molar-refractivity contribution is 6.04. The molecule has 0 radical (unpaired) electrons. The zero-order valence-electron chi connectivity index (χ0n) is 12.7. The highest BCUT2D eigenvalue weighted by Gasteiger charge is 2.21. The van der Waals surface area contributed by atoms with E-state index in [4.69, 9.17) is 0 Å². The standard InChI is InChI=1S/C15H18FN3O4/c1-23-13(20)9-17-14(21)11-8-10(16)4-5-12(11)18-15(22)19-6-2-3-7-19/h4-5,8H,2-3,6-7,9H2,1H3,(H,17,21)(H,18,22). The molecule has 3 amide bonds. The Morgan fingerprint density at radius 1 is 1.26 bits per heavy atom. The first kappa shape index (κ1) is 16.7. The molecule has 1 aromatic carbocycles. The van der Waals surface area contributed by atoms with Crippen LogP contribution in [0.5, 0.6) is 0 Å². The quantitative estimate of drug-likeness (QED) is 0.819. The van der Waals surface area contributed by atoms with Crippen molar-refractivity contribution < 1.29 is 23.5 Å². The van der Waals surface area contributed by atoms with Gasteiger partial charge in [0.1, 0.15) is 12.4 Å². The molecule has 1 aliphatic heterocycles. The number of methoxy groups -OCH3 is 1. The Morgan fingerprint density at radius 3 is 2.61 bits per heavy atom. The fourth-order valence-electron chi connectivity index (χ4n) is 2.25. The Kier molecular flexibility index (Phi) is 5.51. The predicted molar refractivity (Wildman–Crippen MR) is 80.6 cm³/mol. The van der Waals surface area contributed by atoms with Gasteiger partial charge in [-0.05, 0) is 31.0 Å². The minimum atomic E-state index is -0.674. The number of likely N-dealkylation sites (tertiary alicyclic amines) is 1. The van der Waals surface area contributed by atoms with E-state index in [1.54, 1.807) is 4.90 Å². The van der Waals surface area contributed by atoms with Crippen LogP contribution >= 0.6 is 0 Å². The summed E-state index contributed by atoms with van der Waals surface area (Å²) in [6.07, 6.45) is 1.87. The predicted octanol–water partition coefficient (Wildman–Crippen LogP) is 1.36. The minimum Gasteiger partial charge on any atom is -0.468 e. The van der Waals surface area contributed by atoms with Gasteiger partial charge in [0.15, 0.2) is 0 Å². The normalized spacial score (nSPS) is 13.6. The Labute approximate surface area is 132 Å². The second-order valence-electron chi connectivity index (χ2n) is 5.07. The molecule has 1 fully saturated rings. The van der Waals surface area contributed by atoms with Crippen LogP contribution in [0, 0.1) is 5.82 Å². The number of esters is 1. The Balaban J connectivity index is 2.11. The first-order chi connectivity index (χ1) is 11.0. The molecule has 0 saturated carbocycles. The largest absolute Gasteiger partial charge is 0.468 e. The highest BCUT2D eigenvalue weighted by Crippen LogP contribution is 2.19. The lowest BCUT2D eigenvalue weighted by molar-refractivity contribution is -0.139. The molecule has 0 aromatic heterocycles. The van der Waals surface area contributed by atoms with Crippen molar-refractivity contribution in [2.75, 3.05) is 32.1 Å². The number of nitrogens with one attached hydrogen (secondary N) is 2. The average Bonchev–Trinajstić information content (AvgIpc) is 3.08. The van der Waals surface area contributed by atoms with Gasteiger partial charge in [0.2, 0.25) is 0 Å². The van der Waals surface area contributed by atoms with Crippen molar-refractivity contribution in [3.63, 3.8) is 0 Å². The molecule has 0 spiro atoms. The summed E-state index contributed by atoms with van der Waals surface area (Å²) in [5, 5.41) is 4.92. The maximum atomic E-state index is 13.4. The number of hydrogen-bond donors (Lipinski definition) is 2. The van der Waals surface area contributed by atoms with Crippen LogP contribution in [0.15, 0.2) is 18.2 Å². The fourth-order valence-corrected chi connectivity index (χ4v) is 2.25. The van der Waals surface area contributed by atoms with E-state index in [1.807, 2.05) is 0 Å². The van der Waals surface area contributed by atoms with E-state index in [1.165, 1.54) is 13.2 Å². The van der Waals surface area contributed by atoms with Gasteiger partial charge in [0.25, 0.3) is 5.91 Å². The lowest BCUT2D eigenvalue weighted by atomic mass is 10.1. The third-order valence-corrected chi connectivity index (χ3v) is 3.48. The number of halogens is 1. The van der Waals surface area contributed by atoms with Gasteiger partial charge in [0, 0.05) is 13.1 Å². The van der Waals surface area contributed by atoms with Crippen LogP contribution in [0.1, 0.15) is 23.2 Å². The van der Waals surface area contributed by atoms with Gasteiger partial charge >= 0.3 is 12.0 Å². The van der Waals surface area contributed by atoms with Gasteiger partial charge < -0.3 is 20.3 Å². The van der Waals surface area contributed by atoms with E-state index in [0.717, 1.165) is 25.0 Å². The number of amides is 3. The van der Waals surface area contributed by atoms with Gasteiger partial charge in [0.05, 0.1) is 18.4 Å². The Bertz CT molecular complexity index is 615. The molecular weight excluding hydrogens is 305 g/mol. The third kappa shape index (κ3) is 4.41. The third-order valence-electron chi connectivity index (χ3n) is 3.48. The van der Waals surface area contributed by atoms with Crippen molar-refractivity contribution >= 4 is 23.6 Å². The van der Waals surface area contributed by atoms with Crippen LogP contribution in [0.2, 0.25) is 0 Å². The highest BCUT2D eigenvalue weighted by atomic mass is 19.1. The van der Waals surface area contributed by atoms with Gasteiger partial charge in [-0.3, -0.25) is 9.59 Å². The molecule has 0 unspecified atom stereocenters. The number of carbonyl (C=O) groups is 3. The van der Waals surface area contributed by atoms with Crippen molar-refractivity contribution in [1.29, 1.82) is 0 Å².